The molecular formula is C13H17NO2S. The Balaban J connectivity index is 1.97. The maximum atomic E-state index is 12.0. The van der Waals surface area contributed by atoms with E-state index in [2.05, 4.69) is 17.9 Å². The van der Waals surface area contributed by atoms with E-state index in [1.54, 1.807) is 12.1 Å². The van der Waals surface area contributed by atoms with E-state index in [4.69, 9.17) is 4.74 Å². The summed E-state index contributed by atoms with van der Waals surface area (Å²) in [6, 6.07) is 7.49. The number of nitrogens with one attached hydrogen (secondary N) is 1. The Kier molecular flexibility index (Phi) is 4.07. The number of rotatable bonds is 2. The zero-order chi connectivity index (χ0) is 12.3. The Bertz CT molecular complexity index is 408. The molecule has 17 heavy (non-hydrogen) atoms. The number of hydrogen-bond donors (Lipinski definition) is 2. The van der Waals surface area contributed by atoms with Gasteiger partial charge in [0.25, 0.3) is 5.91 Å². The second-order valence-corrected chi connectivity index (χ2v) is 4.94. The summed E-state index contributed by atoms with van der Waals surface area (Å²) in [5.41, 5.74) is 0.664. The van der Waals surface area contributed by atoms with Crippen molar-refractivity contribution >= 4 is 18.5 Å². The van der Waals surface area contributed by atoms with E-state index in [0.717, 1.165) is 24.3 Å². The molecule has 1 aliphatic heterocycles. The summed E-state index contributed by atoms with van der Waals surface area (Å²) in [5.74, 6) is -0.0278. The van der Waals surface area contributed by atoms with Crippen molar-refractivity contribution in [1.82, 2.24) is 5.32 Å². The maximum Gasteiger partial charge on any atom is 0.251 e. The van der Waals surface area contributed by atoms with Gasteiger partial charge in [-0.25, -0.2) is 0 Å². The monoisotopic (exact) mass is 251 g/mol. The van der Waals surface area contributed by atoms with Gasteiger partial charge in [-0.05, 0) is 38.0 Å². The molecule has 0 saturated carbocycles. The molecule has 1 aliphatic rings. The Morgan fingerprint density at radius 1 is 1.53 bits per heavy atom. The Morgan fingerprint density at radius 3 is 3.06 bits per heavy atom. The number of carbonyl (C=O) groups excluding carboxylic acids is 1. The highest BCUT2D eigenvalue weighted by Gasteiger charge is 2.21. The van der Waals surface area contributed by atoms with Gasteiger partial charge in [-0.15, -0.1) is 12.6 Å². The smallest absolute Gasteiger partial charge is 0.251 e. The molecule has 1 aromatic carbocycles. The van der Waals surface area contributed by atoms with Gasteiger partial charge in [-0.1, -0.05) is 6.07 Å². The van der Waals surface area contributed by atoms with Gasteiger partial charge >= 0.3 is 0 Å². The highest BCUT2D eigenvalue weighted by molar-refractivity contribution is 7.80. The minimum absolute atomic E-state index is 0.0278. The minimum atomic E-state index is -0.0278. The molecule has 1 fully saturated rings. The first kappa shape index (κ1) is 12.5. The molecule has 0 spiro atoms. The first-order valence-corrected chi connectivity index (χ1v) is 6.31. The number of amides is 1. The number of carbonyl (C=O) groups is 1. The molecule has 0 bridgehead atoms. The molecular weight excluding hydrogens is 234 g/mol. The lowest BCUT2D eigenvalue weighted by atomic mass is 10.0. The van der Waals surface area contributed by atoms with Crippen LogP contribution in [0.2, 0.25) is 0 Å². The van der Waals surface area contributed by atoms with Crippen LogP contribution in [0.15, 0.2) is 29.2 Å². The number of benzene rings is 1. The molecule has 2 unspecified atom stereocenters. The molecule has 2 atom stereocenters. The average Bonchev–Trinajstić information content (AvgIpc) is 2.29. The van der Waals surface area contributed by atoms with Crippen LogP contribution in [-0.2, 0) is 4.74 Å². The van der Waals surface area contributed by atoms with Crippen LogP contribution in [0.1, 0.15) is 30.1 Å². The van der Waals surface area contributed by atoms with Crippen molar-refractivity contribution in [2.45, 2.75) is 36.8 Å². The number of hydrogen-bond acceptors (Lipinski definition) is 3. The summed E-state index contributed by atoms with van der Waals surface area (Å²) >= 11 is 4.23. The predicted molar refractivity (Wildman–Crippen MR) is 69.6 cm³/mol. The zero-order valence-corrected chi connectivity index (χ0v) is 10.7. The first-order valence-electron chi connectivity index (χ1n) is 5.86. The molecule has 0 aliphatic carbocycles. The van der Waals surface area contributed by atoms with Crippen molar-refractivity contribution in [3.05, 3.63) is 29.8 Å². The summed E-state index contributed by atoms with van der Waals surface area (Å²) in [4.78, 5) is 12.8. The molecule has 3 nitrogen and oxygen atoms in total. The molecule has 0 aromatic heterocycles. The summed E-state index contributed by atoms with van der Waals surface area (Å²) in [6.07, 6.45) is 1.99. The van der Waals surface area contributed by atoms with Crippen LogP contribution in [0.25, 0.3) is 0 Å². The fourth-order valence-electron chi connectivity index (χ4n) is 2.05. The Morgan fingerprint density at radius 2 is 2.35 bits per heavy atom. The highest BCUT2D eigenvalue weighted by Crippen LogP contribution is 2.14. The molecule has 92 valence electrons. The standard InChI is InChI=1S/C13H17NO2S/c1-9-7-11(5-6-16-9)14-13(15)10-3-2-4-12(17)8-10/h2-4,8-9,11,17H,5-7H2,1H3,(H,14,15). The first-order chi connectivity index (χ1) is 8.15. The van der Waals surface area contributed by atoms with E-state index >= 15 is 0 Å². The van der Waals surface area contributed by atoms with Crippen LogP contribution in [-0.4, -0.2) is 24.7 Å². The molecule has 1 saturated heterocycles. The summed E-state index contributed by atoms with van der Waals surface area (Å²) in [7, 11) is 0. The fourth-order valence-corrected chi connectivity index (χ4v) is 2.27. The summed E-state index contributed by atoms with van der Waals surface area (Å²) < 4.78 is 5.45. The van der Waals surface area contributed by atoms with Crippen molar-refractivity contribution in [3.63, 3.8) is 0 Å². The largest absolute Gasteiger partial charge is 0.378 e. The van der Waals surface area contributed by atoms with Crippen LogP contribution in [0.4, 0.5) is 0 Å². The fraction of sp³-hybridized carbons (Fsp3) is 0.462. The van der Waals surface area contributed by atoms with E-state index in [1.807, 2.05) is 19.1 Å². The van der Waals surface area contributed by atoms with Crippen molar-refractivity contribution in [2.24, 2.45) is 0 Å². The van der Waals surface area contributed by atoms with E-state index < -0.39 is 0 Å². The third-order valence-corrected chi connectivity index (χ3v) is 3.21. The van der Waals surface area contributed by atoms with E-state index in [9.17, 15) is 4.79 Å². The van der Waals surface area contributed by atoms with Gasteiger partial charge in [0.15, 0.2) is 0 Å². The van der Waals surface area contributed by atoms with Crippen molar-refractivity contribution in [1.29, 1.82) is 0 Å². The maximum absolute atomic E-state index is 12.0. The third kappa shape index (κ3) is 3.48. The van der Waals surface area contributed by atoms with Crippen LogP contribution >= 0.6 is 12.6 Å². The van der Waals surface area contributed by atoms with Crippen molar-refractivity contribution < 1.29 is 9.53 Å². The molecule has 1 N–H and O–H groups in total. The minimum Gasteiger partial charge on any atom is -0.378 e. The molecule has 2 rings (SSSR count). The molecule has 1 amide bonds. The lowest BCUT2D eigenvalue weighted by Crippen LogP contribution is -2.41. The van der Waals surface area contributed by atoms with Crippen LogP contribution in [0.3, 0.4) is 0 Å². The Labute approximate surface area is 107 Å². The highest BCUT2D eigenvalue weighted by atomic mass is 32.1. The topological polar surface area (TPSA) is 38.3 Å². The summed E-state index contributed by atoms with van der Waals surface area (Å²) in [6.45, 7) is 2.76. The van der Waals surface area contributed by atoms with Gasteiger partial charge in [0, 0.05) is 23.1 Å². The molecule has 1 aromatic rings. The van der Waals surface area contributed by atoms with E-state index in [-0.39, 0.29) is 18.1 Å². The van der Waals surface area contributed by atoms with Crippen molar-refractivity contribution in [2.75, 3.05) is 6.61 Å². The molecule has 1 heterocycles. The zero-order valence-electron chi connectivity index (χ0n) is 9.85. The SMILES string of the molecule is CC1CC(NC(=O)c2cccc(S)c2)CCO1. The van der Waals surface area contributed by atoms with Gasteiger partial charge < -0.3 is 10.1 Å². The second-order valence-electron chi connectivity index (χ2n) is 4.43. The van der Waals surface area contributed by atoms with Gasteiger partial charge in [0.05, 0.1) is 6.10 Å². The van der Waals surface area contributed by atoms with Gasteiger partial charge in [-0.3, -0.25) is 4.79 Å². The third-order valence-electron chi connectivity index (χ3n) is 2.93. The summed E-state index contributed by atoms with van der Waals surface area (Å²) in [5, 5.41) is 3.04. The van der Waals surface area contributed by atoms with Gasteiger partial charge in [0.1, 0.15) is 0 Å². The van der Waals surface area contributed by atoms with Gasteiger partial charge in [0.2, 0.25) is 0 Å². The lowest BCUT2D eigenvalue weighted by Gasteiger charge is -2.27. The normalized spacial score (nSPS) is 24.4. The second kappa shape index (κ2) is 5.56. The van der Waals surface area contributed by atoms with Crippen LogP contribution in [0, 0.1) is 0 Å². The van der Waals surface area contributed by atoms with Crippen molar-refractivity contribution in [3.8, 4) is 0 Å². The molecule has 0 radical (unpaired) electrons. The van der Waals surface area contributed by atoms with Crippen LogP contribution < -0.4 is 5.32 Å². The molecule has 4 heteroatoms. The Hall–Kier alpha value is -1.00. The average molecular weight is 251 g/mol. The van der Waals surface area contributed by atoms with Gasteiger partial charge in [-0.2, -0.15) is 0 Å². The quantitative estimate of drug-likeness (QED) is 0.791. The number of ether oxygens (including phenoxy) is 1. The van der Waals surface area contributed by atoms with E-state index in [0.29, 0.717) is 5.56 Å². The lowest BCUT2D eigenvalue weighted by molar-refractivity contribution is 0.0136. The van der Waals surface area contributed by atoms with Crippen LogP contribution in [0.5, 0.6) is 0 Å². The van der Waals surface area contributed by atoms with E-state index in [1.165, 1.54) is 0 Å². The number of thiol groups is 1. The predicted octanol–water partition coefficient (Wildman–Crippen LogP) is 2.27.